The first kappa shape index (κ1) is 6.78. The maximum Gasteiger partial charge on any atom is 0.251 e. The Hall–Kier alpha value is -1.91. The van der Waals surface area contributed by atoms with E-state index in [4.69, 9.17) is 4.84 Å². The van der Waals surface area contributed by atoms with Crippen molar-refractivity contribution in [1.29, 1.82) is 0 Å². The van der Waals surface area contributed by atoms with Crippen molar-refractivity contribution >= 4 is 0 Å². The van der Waals surface area contributed by atoms with Gasteiger partial charge in [-0.25, -0.2) is 4.98 Å². The van der Waals surface area contributed by atoms with E-state index < -0.39 is 0 Å². The predicted molar refractivity (Wildman–Crippen MR) is 40.3 cm³/mol. The van der Waals surface area contributed by atoms with Gasteiger partial charge in [0.25, 0.3) is 5.88 Å². The van der Waals surface area contributed by atoms with Crippen molar-refractivity contribution in [3.63, 3.8) is 0 Å². The number of nitrogens with zero attached hydrogens (tertiary/aromatic N) is 4. The molecule has 0 saturated carbocycles. The van der Waals surface area contributed by atoms with Crippen molar-refractivity contribution in [3.8, 4) is 5.88 Å². The molecule has 0 fully saturated rings. The predicted octanol–water partition coefficient (Wildman–Crippen LogP) is 0.515. The normalized spacial score (nSPS) is 9.67. The summed E-state index contributed by atoms with van der Waals surface area (Å²) in [4.78, 5) is 14.1. The van der Waals surface area contributed by atoms with Gasteiger partial charge >= 0.3 is 0 Å². The average Bonchev–Trinajstić information content (AvgIpc) is 2.59. The molecule has 0 aliphatic carbocycles. The Morgan fingerprint density at radius 3 is 3.00 bits per heavy atom. The van der Waals surface area contributed by atoms with Crippen molar-refractivity contribution in [2.45, 2.75) is 0 Å². The van der Waals surface area contributed by atoms with Crippen LogP contribution in [0.15, 0.2) is 37.1 Å². The molecule has 2 aromatic rings. The van der Waals surface area contributed by atoms with Crippen LogP contribution in [0.2, 0.25) is 0 Å². The van der Waals surface area contributed by atoms with E-state index in [1.807, 2.05) is 0 Å². The molecule has 0 amide bonds. The summed E-state index contributed by atoms with van der Waals surface area (Å²) in [6.45, 7) is 0. The molecule has 0 unspecified atom stereocenters. The quantitative estimate of drug-likeness (QED) is 0.645. The molecule has 0 spiro atoms. The number of hydrogen-bond acceptors (Lipinski definition) is 4. The van der Waals surface area contributed by atoms with E-state index in [9.17, 15) is 0 Å². The van der Waals surface area contributed by atoms with Crippen LogP contribution in [0.5, 0.6) is 5.88 Å². The van der Waals surface area contributed by atoms with Crippen LogP contribution in [0, 0.1) is 0 Å². The highest BCUT2D eigenvalue weighted by molar-refractivity contribution is 5.03. The summed E-state index contributed by atoms with van der Waals surface area (Å²) >= 11 is 0. The molecular weight excluding hydrogens is 156 g/mol. The molecule has 12 heavy (non-hydrogen) atoms. The summed E-state index contributed by atoms with van der Waals surface area (Å²) in [6.07, 6.45) is 6.33. The Morgan fingerprint density at radius 2 is 2.33 bits per heavy atom. The van der Waals surface area contributed by atoms with Crippen molar-refractivity contribution < 1.29 is 4.84 Å². The van der Waals surface area contributed by atoms with Crippen LogP contribution < -0.4 is 4.84 Å². The zero-order valence-corrected chi connectivity index (χ0v) is 6.16. The maximum atomic E-state index is 5.17. The fraction of sp³-hybridized carbons (Fsp3) is 0. The van der Waals surface area contributed by atoms with E-state index in [-0.39, 0.29) is 0 Å². The first-order valence-electron chi connectivity index (χ1n) is 3.39. The number of hydrogen-bond donors (Lipinski definition) is 0. The van der Waals surface area contributed by atoms with Gasteiger partial charge in [0.2, 0.25) is 0 Å². The monoisotopic (exact) mass is 162 g/mol. The number of aromatic nitrogens is 4. The van der Waals surface area contributed by atoms with Gasteiger partial charge in [-0.2, -0.15) is 4.98 Å². The highest BCUT2D eigenvalue weighted by atomic mass is 16.7. The van der Waals surface area contributed by atoms with Gasteiger partial charge in [0.1, 0.15) is 6.33 Å². The minimum Gasteiger partial charge on any atom is -0.338 e. The van der Waals surface area contributed by atoms with E-state index in [1.54, 1.807) is 30.7 Å². The second-order valence-corrected chi connectivity index (χ2v) is 2.05. The summed E-state index contributed by atoms with van der Waals surface area (Å²) in [5.41, 5.74) is 0. The van der Waals surface area contributed by atoms with Crippen molar-refractivity contribution in [3.05, 3.63) is 37.1 Å². The highest BCUT2D eigenvalue weighted by Gasteiger charge is 1.93. The fourth-order valence-electron chi connectivity index (χ4n) is 0.737. The molecule has 0 N–H and O–H groups in total. The Labute approximate surface area is 68.6 Å². The Kier molecular flexibility index (Phi) is 1.69. The molecular formula is C7H6N4O. The van der Waals surface area contributed by atoms with Crippen molar-refractivity contribution in [2.24, 2.45) is 0 Å². The van der Waals surface area contributed by atoms with E-state index >= 15 is 0 Å². The second-order valence-electron chi connectivity index (χ2n) is 2.05. The lowest BCUT2D eigenvalue weighted by Crippen LogP contribution is -2.06. The standard InChI is InChI=1S/C7H6N4O/c1-3-10-11(5-1)12-7-2-4-8-6-9-7/h1-6H. The molecule has 0 radical (unpaired) electrons. The Bertz CT molecular complexity index is 332. The van der Waals surface area contributed by atoms with Crippen LogP contribution in [0.1, 0.15) is 0 Å². The fourth-order valence-corrected chi connectivity index (χ4v) is 0.737. The minimum atomic E-state index is 0.466. The third-order valence-corrected chi connectivity index (χ3v) is 1.22. The second kappa shape index (κ2) is 3.00. The Morgan fingerprint density at radius 1 is 1.33 bits per heavy atom. The SMILES string of the molecule is c1cnn(Oc2ccncn2)c1. The van der Waals surface area contributed by atoms with Crippen LogP contribution >= 0.6 is 0 Å². The smallest absolute Gasteiger partial charge is 0.251 e. The molecule has 2 aromatic heterocycles. The van der Waals surface area contributed by atoms with E-state index in [0.717, 1.165) is 0 Å². The summed E-state index contributed by atoms with van der Waals surface area (Å²) in [6, 6.07) is 3.42. The molecule has 0 atom stereocenters. The molecule has 2 rings (SSSR count). The van der Waals surface area contributed by atoms with Gasteiger partial charge in [0.05, 0.1) is 12.4 Å². The van der Waals surface area contributed by atoms with E-state index in [0.29, 0.717) is 5.88 Å². The van der Waals surface area contributed by atoms with E-state index in [2.05, 4.69) is 15.1 Å². The zero-order valence-electron chi connectivity index (χ0n) is 6.16. The third kappa shape index (κ3) is 1.39. The summed E-state index contributed by atoms with van der Waals surface area (Å²) in [7, 11) is 0. The summed E-state index contributed by atoms with van der Waals surface area (Å²) in [5.74, 6) is 0.466. The molecule has 5 heteroatoms. The lowest BCUT2D eigenvalue weighted by molar-refractivity contribution is 0.170. The molecule has 60 valence electrons. The van der Waals surface area contributed by atoms with Crippen LogP contribution in [0.25, 0.3) is 0 Å². The highest BCUT2D eigenvalue weighted by Crippen LogP contribution is 2.01. The summed E-state index contributed by atoms with van der Waals surface area (Å²) in [5, 5.41) is 3.85. The maximum absolute atomic E-state index is 5.17. The Balaban J connectivity index is 2.15. The van der Waals surface area contributed by atoms with Gasteiger partial charge in [-0.05, 0) is 6.07 Å². The van der Waals surface area contributed by atoms with Crippen molar-refractivity contribution in [2.75, 3.05) is 0 Å². The van der Waals surface area contributed by atoms with Gasteiger partial charge in [0.15, 0.2) is 0 Å². The molecule has 0 aromatic carbocycles. The average molecular weight is 162 g/mol. The first-order valence-corrected chi connectivity index (χ1v) is 3.39. The third-order valence-electron chi connectivity index (χ3n) is 1.22. The molecule has 5 nitrogen and oxygen atoms in total. The lowest BCUT2D eigenvalue weighted by atomic mass is 10.6. The molecule has 0 saturated heterocycles. The van der Waals surface area contributed by atoms with Crippen LogP contribution in [-0.2, 0) is 0 Å². The van der Waals surface area contributed by atoms with Gasteiger partial charge in [-0.3, -0.25) is 0 Å². The summed E-state index contributed by atoms with van der Waals surface area (Å²) < 4.78 is 0. The molecule has 0 bridgehead atoms. The van der Waals surface area contributed by atoms with Gasteiger partial charge in [0, 0.05) is 12.3 Å². The van der Waals surface area contributed by atoms with E-state index in [1.165, 1.54) is 11.2 Å². The largest absolute Gasteiger partial charge is 0.338 e. The number of rotatable bonds is 2. The van der Waals surface area contributed by atoms with Gasteiger partial charge in [-0.1, -0.05) is 4.85 Å². The van der Waals surface area contributed by atoms with Crippen molar-refractivity contribution in [1.82, 2.24) is 19.9 Å². The van der Waals surface area contributed by atoms with Crippen LogP contribution in [-0.4, -0.2) is 19.9 Å². The topological polar surface area (TPSA) is 52.8 Å². The van der Waals surface area contributed by atoms with Gasteiger partial charge in [-0.15, -0.1) is 5.10 Å². The van der Waals surface area contributed by atoms with Crippen LogP contribution in [0.4, 0.5) is 0 Å². The van der Waals surface area contributed by atoms with Gasteiger partial charge < -0.3 is 4.84 Å². The first-order chi connectivity index (χ1) is 5.95. The zero-order chi connectivity index (χ0) is 8.23. The minimum absolute atomic E-state index is 0.466. The lowest BCUT2D eigenvalue weighted by Gasteiger charge is -2.00. The molecule has 2 heterocycles. The van der Waals surface area contributed by atoms with Crippen LogP contribution in [0.3, 0.4) is 0 Å². The molecule has 0 aliphatic rings. The molecule has 0 aliphatic heterocycles.